The van der Waals surface area contributed by atoms with E-state index in [2.05, 4.69) is 5.16 Å². The largest absolute Gasteiger partial charge is 0.478 e. The molecule has 0 fully saturated rings. The van der Waals surface area contributed by atoms with E-state index in [4.69, 9.17) is 9.26 Å². The monoisotopic (exact) mass is 309 g/mol. The zero-order chi connectivity index (χ0) is 16.2. The van der Waals surface area contributed by atoms with E-state index < -0.39 is 12.1 Å². The van der Waals surface area contributed by atoms with Crippen LogP contribution in [0, 0.1) is 6.92 Å². The molecule has 23 heavy (non-hydrogen) atoms. The molecule has 1 heterocycles. The molecule has 0 spiro atoms. The molecule has 1 atom stereocenters. The average molecular weight is 309 g/mol. The van der Waals surface area contributed by atoms with Crippen molar-refractivity contribution in [2.75, 3.05) is 0 Å². The van der Waals surface area contributed by atoms with E-state index >= 15 is 0 Å². The molecule has 3 aromatic rings. The number of aromatic nitrogens is 1. The molecular formula is C18H15NO4. The van der Waals surface area contributed by atoms with Crippen LogP contribution < -0.4 is 4.74 Å². The highest BCUT2D eigenvalue weighted by molar-refractivity contribution is 5.75. The molecule has 0 saturated carbocycles. The van der Waals surface area contributed by atoms with Gasteiger partial charge < -0.3 is 14.4 Å². The first-order valence-electron chi connectivity index (χ1n) is 7.12. The van der Waals surface area contributed by atoms with Gasteiger partial charge in [-0.15, -0.1) is 0 Å². The van der Waals surface area contributed by atoms with E-state index in [9.17, 15) is 9.90 Å². The molecule has 0 saturated heterocycles. The molecule has 1 N–H and O–H groups in total. The molecule has 0 radical (unpaired) electrons. The van der Waals surface area contributed by atoms with Gasteiger partial charge in [-0.25, -0.2) is 4.79 Å². The van der Waals surface area contributed by atoms with Gasteiger partial charge in [0.05, 0.1) is 11.3 Å². The van der Waals surface area contributed by atoms with Gasteiger partial charge in [0.1, 0.15) is 5.75 Å². The minimum Gasteiger partial charge on any atom is -0.478 e. The summed E-state index contributed by atoms with van der Waals surface area (Å²) >= 11 is 0. The van der Waals surface area contributed by atoms with Crippen molar-refractivity contribution >= 4 is 5.97 Å². The van der Waals surface area contributed by atoms with Crippen LogP contribution in [0.4, 0.5) is 0 Å². The number of nitrogens with zero attached hydrogens (tertiary/aromatic N) is 1. The van der Waals surface area contributed by atoms with Crippen LogP contribution in [-0.2, 0) is 4.79 Å². The Bertz CT molecular complexity index is 811. The first-order chi connectivity index (χ1) is 11.1. The van der Waals surface area contributed by atoms with E-state index in [-0.39, 0.29) is 0 Å². The van der Waals surface area contributed by atoms with E-state index in [1.165, 1.54) is 0 Å². The summed E-state index contributed by atoms with van der Waals surface area (Å²) in [5, 5.41) is 13.4. The molecule has 5 heteroatoms. The van der Waals surface area contributed by atoms with Crippen molar-refractivity contribution in [1.82, 2.24) is 5.16 Å². The third kappa shape index (κ3) is 3.23. The SMILES string of the molecule is Cc1cc(-c2ccccc2OC(C(=O)O)c2ccccc2)on1. The van der Waals surface area contributed by atoms with Crippen LogP contribution in [0.15, 0.2) is 65.2 Å². The number of carbonyl (C=O) groups is 1. The standard InChI is InChI=1S/C18H15NO4/c1-12-11-16(23-19-12)14-9-5-6-10-15(14)22-17(18(20)21)13-7-3-2-4-8-13/h2-11,17H,1H3,(H,20,21). The zero-order valence-electron chi connectivity index (χ0n) is 12.5. The number of aliphatic carboxylic acids is 1. The van der Waals surface area contributed by atoms with Gasteiger partial charge in [-0.3, -0.25) is 0 Å². The number of rotatable bonds is 5. The summed E-state index contributed by atoms with van der Waals surface area (Å²) in [4.78, 5) is 11.6. The van der Waals surface area contributed by atoms with Gasteiger partial charge in [-0.2, -0.15) is 0 Å². The number of benzene rings is 2. The Morgan fingerprint density at radius 2 is 1.83 bits per heavy atom. The normalized spacial score (nSPS) is 11.9. The lowest BCUT2D eigenvalue weighted by Gasteiger charge is -2.17. The fourth-order valence-electron chi connectivity index (χ4n) is 2.28. The molecule has 2 aromatic carbocycles. The van der Waals surface area contributed by atoms with Crippen molar-refractivity contribution in [2.24, 2.45) is 0 Å². The van der Waals surface area contributed by atoms with Gasteiger partial charge >= 0.3 is 5.97 Å². The molecule has 0 bridgehead atoms. The van der Waals surface area contributed by atoms with Crippen molar-refractivity contribution in [1.29, 1.82) is 0 Å². The van der Waals surface area contributed by atoms with Gasteiger partial charge in [0.2, 0.25) is 6.10 Å². The first-order valence-corrected chi connectivity index (χ1v) is 7.12. The van der Waals surface area contributed by atoms with Crippen molar-refractivity contribution < 1.29 is 19.2 Å². The lowest BCUT2D eigenvalue weighted by atomic mass is 10.1. The van der Waals surface area contributed by atoms with Gasteiger partial charge in [-0.05, 0) is 19.1 Å². The van der Waals surface area contributed by atoms with E-state index in [0.29, 0.717) is 22.6 Å². The Morgan fingerprint density at radius 3 is 2.48 bits per heavy atom. The highest BCUT2D eigenvalue weighted by atomic mass is 16.5. The molecule has 0 aliphatic heterocycles. The number of ether oxygens (including phenoxy) is 1. The number of hydrogen-bond donors (Lipinski definition) is 1. The molecule has 0 aliphatic rings. The lowest BCUT2D eigenvalue weighted by Crippen LogP contribution is -2.18. The van der Waals surface area contributed by atoms with Crippen molar-refractivity contribution in [3.05, 3.63) is 71.9 Å². The highest BCUT2D eigenvalue weighted by Crippen LogP contribution is 2.33. The minimum atomic E-state index is -1.10. The maximum Gasteiger partial charge on any atom is 0.349 e. The maximum atomic E-state index is 11.6. The number of carboxylic acids is 1. The smallest absolute Gasteiger partial charge is 0.349 e. The summed E-state index contributed by atoms with van der Waals surface area (Å²) in [6.07, 6.45) is -1.10. The van der Waals surface area contributed by atoms with Crippen LogP contribution in [0.2, 0.25) is 0 Å². The van der Waals surface area contributed by atoms with Crippen LogP contribution in [-0.4, -0.2) is 16.2 Å². The first kappa shape index (κ1) is 14.8. The number of carboxylic acid groups (broad SMARTS) is 1. The van der Waals surface area contributed by atoms with Crippen molar-refractivity contribution in [3.63, 3.8) is 0 Å². The average Bonchev–Trinajstić information content (AvgIpc) is 3.00. The third-order valence-corrected chi connectivity index (χ3v) is 3.35. The van der Waals surface area contributed by atoms with Crippen molar-refractivity contribution in [3.8, 4) is 17.1 Å². The number of aryl methyl sites for hydroxylation is 1. The molecule has 0 amide bonds. The van der Waals surface area contributed by atoms with Gasteiger partial charge in [0.15, 0.2) is 5.76 Å². The van der Waals surface area contributed by atoms with E-state index in [0.717, 1.165) is 5.69 Å². The minimum absolute atomic E-state index is 0.430. The molecule has 0 aliphatic carbocycles. The van der Waals surface area contributed by atoms with Crippen LogP contribution >= 0.6 is 0 Å². The second-order valence-corrected chi connectivity index (χ2v) is 5.08. The van der Waals surface area contributed by atoms with Crippen LogP contribution in [0.3, 0.4) is 0 Å². The van der Waals surface area contributed by atoms with E-state index in [1.807, 2.05) is 19.1 Å². The predicted octanol–water partition coefficient (Wildman–Crippen LogP) is 3.85. The summed E-state index contributed by atoms with van der Waals surface area (Å²) in [6.45, 7) is 1.82. The fourth-order valence-corrected chi connectivity index (χ4v) is 2.28. The van der Waals surface area contributed by atoms with Gasteiger partial charge in [-0.1, -0.05) is 47.6 Å². The molecule has 1 unspecified atom stereocenters. The quantitative estimate of drug-likeness (QED) is 0.775. The zero-order valence-corrected chi connectivity index (χ0v) is 12.5. The number of hydrogen-bond acceptors (Lipinski definition) is 4. The van der Waals surface area contributed by atoms with Crippen LogP contribution in [0.1, 0.15) is 17.4 Å². The Labute approximate surface area is 133 Å². The summed E-state index contributed by atoms with van der Waals surface area (Å²) < 4.78 is 11.0. The summed E-state index contributed by atoms with van der Waals surface area (Å²) in [6, 6.07) is 17.7. The van der Waals surface area contributed by atoms with E-state index in [1.54, 1.807) is 48.5 Å². The molecule has 5 nitrogen and oxygen atoms in total. The van der Waals surface area contributed by atoms with Gasteiger partial charge in [0, 0.05) is 11.6 Å². The van der Waals surface area contributed by atoms with Crippen molar-refractivity contribution in [2.45, 2.75) is 13.0 Å². The van der Waals surface area contributed by atoms with Gasteiger partial charge in [0.25, 0.3) is 0 Å². The molecule has 116 valence electrons. The molecule has 3 rings (SSSR count). The number of para-hydroxylation sites is 1. The second-order valence-electron chi connectivity index (χ2n) is 5.08. The van der Waals surface area contributed by atoms with Crippen LogP contribution in [0.5, 0.6) is 5.75 Å². The summed E-state index contributed by atoms with van der Waals surface area (Å²) in [7, 11) is 0. The summed E-state index contributed by atoms with van der Waals surface area (Å²) in [5.41, 5.74) is 1.98. The summed E-state index contributed by atoms with van der Waals surface area (Å²) in [5.74, 6) is -0.0880. The van der Waals surface area contributed by atoms with Crippen LogP contribution in [0.25, 0.3) is 11.3 Å². The Morgan fingerprint density at radius 1 is 1.13 bits per heavy atom. The third-order valence-electron chi connectivity index (χ3n) is 3.35. The fraction of sp³-hybridized carbons (Fsp3) is 0.111. The second kappa shape index (κ2) is 6.36. The Kier molecular flexibility index (Phi) is 4.10. The Hall–Kier alpha value is -3.08. The maximum absolute atomic E-state index is 11.6. The predicted molar refractivity (Wildman–Crippen MR) is 84.1 cm³/mol. The highest BCUT2D eigenvalue weighted by Gasteiger charge is 2.23. The molecule has 1 aromatic heterocycles. The molecular weight excluding hydrogens is 294 g/mol. The topological polar surface area (TPSA) is 72.6 Å². The Balaban J connectivity index is 1.97. The lowest BCUT2D eigenvalue weighted by molar-refractivity contribution is -0.145.